The number of hydrogen-bond acceptors (Lipinski definition) is 7. The summed E-state index contributed by atoms with van der Waals surface area (Å²) in [4.78, 5) is 20.3. The van der Waals surface area contributed by atoms with E-state index in [0.717, 1.165) is 4.88 Å². The van der Waals surface area contributed by atoms with Crippen LogP contribution in [0.3, 0.4) is 0 Å². The molecule has 0 radical (unpaired) electrons. The van der Waals surface area contributed by atoms with Crippen LogP contribution in [0.5, 0.6) is 0 Å². The summed E-state index contributed by atoms with van der Waals surface area (Å²) in [6, 6.07) is 5.60. The Labute approximate surface area is 118 Å². The monoisotopic (exact) mass is 287 g/mol. The molecule has 0 fully saturated rings. The van der Waals surface area contributed by atoms with Gasteiger partial charge in [0.2, 0.25) is 0 Å². The number of thiophene rings is 1. The van der Waals surface area contributed by atoms with Gasteiger partial charge in [-0.3, -0.25) is 4.98 Å². The first kappa shape index (κ1) is 12.5. The highest BCUT2D eigenvalue weighted by Crippen LogP contribution is 2.25. The van der Waals surface area contributed by atoms with Crippen LogP contribution in [-0.4, -0.2) is 21.1 Å². The summed E-state index contributed by atoms with van der Waals surface area (Å²) in [6.07, 6.45) is 4.27. The fourth-order valence-corrected chi connectivity index (χ4v) is 2.21. The molecule has 0 amide bonds. The molecule has 6 nitrogen and oxygen atoms in total. The molecule has 3 aromatic rings. The molecule has 100 valence electrons. The molecule has 0 bridgehead atoms. The van der Waals surface area contributed by atoms with Gasteiger partial charge in [-0.05, 0) is 11.4 Å². The van der Waals surface area contributed by atoms with Gasteiger partial charge in [-0.25, -0.2) is 9.78 Å². The number of nitrogens with zero attached hydrogens (tertiary/aromatic N) is 3. The zero-order chi connectivity index (χ0) is 13.8. The normalized spacial score (nSPS) is 10.4. The number of esters is 1. The maximum Gasteiger partial charge on any atom is 0.358 e. The van der Waals surface area contributed by atoms with E-state index >= 15 is 0 Å². The van der Waals surface area contributed by atoms with Crippen molar-refractivity contribution in [1.82, 2.24) is 15.1 Å². The first-order chi connectivity index (χ1) is 9.83. The zero-order valence-electron chi connectivity index (χ0n) is 10.2. The van der Waals surface area contributed by atoms with Gasteiger partial charge in [-0.2, -0.15) is 0 Å². The zero-order valence-corrected chi connectivity index (χ0v) is 11.0. The quantitative estimate of drug-likeness (QED) is 0.686. The van der Waals surface area contributed by atoms with E-state index in [2.05, 4.69) is 15.1 Å². The lowest BCUT2D eigenvalue weighted by Crippen LogP contribution is -2.07. The molecule has 3 heterocycles. The lowest BCUT2D eigenvalue weighted by Gasteiger charge is -2.00. The van der Waals surface area contributed by atoms with Crippen LogP contribution in [0, 0.1) is 0 Å². The number of carbonyl (C=O) groups is 1. The first-order valence-corrected chi connectivity index (χ1v) is 6.63. The van der Waals surface area contributed by atoms with Crippen LogP contribution in [-0.2, 0) is 11.3 Å². The molecule has 0 saturated heterocycles. The fourth-order valence-electron chi connectivity index (χ4n) is 1.53. The topological polar surface area (TPSA) is 78.1 Å². The summed E-state index contributed by atoms with van der Waals surface area (Å²) >= 11 is 1.55. The third-order valence-corrected chi connectivity index (χ3v) is 3.33. The third kappa shape index (κ3) is 2.72. The minimum absolute atomic E-state index is 0.0320. The highest BCUT2D eigenvalue weighted by atomic mass is 32.1. The Morgan fingerprint density at radius 1 is 1.40 bits per heavy atom. The van der Waals surface area contributed by atoms with Gasteiger partial charge in [-0.15, -0.1) is 11.3 Å². The van der Waals surface area contributed by atoms with Gasteiger partial charge in [-0.1, -0.05) is 11.2 Å². The lowest BCUT2D eigenvalue weighted by molar-refractivity contribution is 0.0457. The molecule has 0 aliphatic rings. The van der Waals surface area contributed by atoms with E-state index in [1.165, 1.54) is 18.6 Å². The van der Waals surface area contributed by atoms with Gasteiger partial charge >= 0.3 is 5.97 Å². The summed E-state index contributed by atoms with van der Waals surface area (Å²) in [5.74, 6) is 0.115. The highest BCUT2D eigenvalue weighted by Gasteiger charge is 2.12. The van der Waals surface area contributed by atoms with Crippen LogP contribution in [0.4, 0.5) is 0 Å². The predicted octanol–water partition coefficient (Wildman–Crippen LogP) is 2.55. The van der Waals surface area contributed by atoms with Crippen LogP contribution >= 0.6 is 11.3 Å². The summed E-state index contributed by atoms with van der Waals surface area (Å²) in [7, 11) is 0. The molecule has 0 unspecified atom stereocenters. The summed E-state index contributed by atoms with van der Waals surface area (Å²) in [5.41, 5.74) is 0.708. The molecule has 3 aromatic heterocycles. The van der Waals surface area contributed by atoms with E-state index in [-0.39, 0.29) is 12.3 Å². The van der Waals surface area contributed by atoms with Gasteiger partial charge in [0.1, 0.15) is 12.3 Å². The molecule has 0 atom stereocenters. The minimum atomic E-state index is -0.543. The standard InChI is InChI=1S/C13H9N3O3S/c17-13(10-7-14-3-4-15-10)18-8-9-6-11(19-16-9)12-2-1-5-20-12/h1-7H,8H2. The number of rotatable bonds is 4. The summed E-state index contributed by atoms with van der Waals surface area (Å²) < 4.78 is 10.3. The van der Waals surface area contributed by atoms with Crippen molar-refractivity contribution in [2.75, 3.05) is 0 Å². The summed E-state index contributed by atoms with van der Waals surface area (Å²) in [5, 5.41) is 5.81. The highest BCUT2D eigenvalue weighted by molar-refractivity contribution is 7.13. The van der Waals surface area contributed by atoms with Crippen LogP contribution in [0.25, 0.3) is 10.6 Å². The van der Waals surface area contributed by atoms with E-state index in [4.69, 9.17) is 9.26 Å². The van der Waals surface area contributed by atoms with Gasteiger partial charge in [0.15, 0.2) is 11.5 Å². The van der Waals surface area contributed by atoms with Gasteiger partial charge in [0.05, 0.1) is 11.1 Å². The smallest absolute Gasteiger partial charge is 0.358 e. The average Bonchev–Trinajstić information content (AvgIpc) is 3.16. The fraction of sp³-hybridized carbons (Fsp3) is 0.0769. The molecule has 7 heteroatoms. The van der Waals surface area contributed by atoms with Crippen molar-refractivity contribution in [2.24, 2.45) is 0 Å². The Morgan fingerprint density at radius 3 is 3.10 bits per heavy atom. The molecule has 20 heavy (non-hydrogen) atoms. The molecular formula is C13H9N3O3S. The predicted molar refractivity (Wildman–Crippen MR) is 71.0 cm³/mol. The maximum atomic E-state index is 11.7. The van der Waals surface area contributed by atoms with Crippen molar-refractivity contribution in [3.8, 4) is 10.6 Å². The first-order valence-electron chi connectivity index (χ1n) is 5.75. The van der Waals surface area contributed by atoms with E-state index < -0.39 is 5.97 Å². The molecular weight excluding hydrogens is 278 g/mol. The Balaban J connectivity index is 1.63. The summed E-state index contributed by atoms with van der Waals surface area (Å²) in [6.45, 7) is 0.0320. The second-order valence-corrected chi connectivity index (χ2v) is 4.77. The van der Waals surface area contributed by atoms with Crippen molar-refractivity contribution in [3.05, 3.63) is 53.6 Å². The molecule has 0 saturated carbocycles. The SMILES string of the molecule is O=C(OCc1cc(-c2cccs2)on1)c1cnccn1. The van der Waals surface area contributed by atoms with Gasteiger partial charge < -0.3 is 9.26 Å². The number of ether oxygens (including phenoxy) is 1. The van der Waals surface area contributed by atoms with Crippen molar-refractivity contribution in [1.29, 1.82) is 0 Å². The molecule has 0 aliphatic heterocycles. The van der Waals surface area contributed by atoms with Crippen molar-refractivity contribution >= 4 is 17.3 Å². The van der Waals surface area contributed by atoms with Crippen molar-refractivity contribution in [3.63, 3.8) is 0 Å². The van der Waals surface area contributed by atoms with Crippen LogP contribution in [0.1, 0.15) is 16.2 Å². The molecule has 0 N–H and O–H groups in total. The maximum absolute atomic E-state index is 11.7. The molecule has 0 aromatic carbocycles. The van der Waals surface area contributed by atoms with Crippen molar-refractivity contribution in [2.45, 2.75) is 6.61 Å². The third-order valence-electron chi connectivity index (χ3n) is 2.45. The largest absolute Gasteiger partial charge is 0.454 e. The van der Waals surface area contributed by atoms with Gasteiger partial charge in [0, 0.05) is 18.5 Å². The molecule has 0 spiro atoms. The number of aromatic nitrogens is 3. The van der Waals surface area contributed by atoms with Crippen LogP contribution in [0.15, 0.2) is 46.7 Å². The van der Waals surface area contributed by atoms with Crippen LogP contribution < -0.4 is 0 Å². The Morgan fingerprint density at radius 2 is 2.35 bits per heavy atom. The average molecular weight is 287 g/mol. The van der Waals surface area contributed by atoms with E-state index in [1.54, 1.807) is 17.4 Å². The molecule has 0 aliphatic carbocycles. The van der Waals surface area contributed by atoms with E-state index in [9.17, 15) is 4.79 Å². The van der Waals surface area contributed by atoms with E-state index in [0.29, 0.717) is 11.5 Å². The Hall–Kier alpha value is -2.54. The Kier molecular flexibility index (Phi) is 3.51. The lowest BCUT2D eigenvalue weighted by atomic mass is 10.3. The van der Waals surface area contributed by atoms with Gasteiger partial charge in [0.25, 0.3) is 0 Å². The van der Waals surface area contributed by atoms with E-state index in [1.807, 2.05) is 17.5 Å². The Bertz CT molecular complexity index is 695. The second-order valence-electron chi connectivity index (χ2n) is 3.83. The molecule has 3 rings (SSSR count). The van der Waals surface area contributed by atoms with Crippen molar-refractivity contribution < 1.29 is 14.1 Å². The second kappa shape index (κ2) is 5.62. The number of carbonyl (C=O) groups excluding carboxylic acids is 1. The minimum Gasteiger partial charge on any atom is -0.454 e. The van der Waals surface area contributed by atoms with Crippen LogP contribution in [0.2, 0.25) is 0 Å². The number of hydrogen-bond donors (Lipinski definition) is 0.